The summed E-state index contributed by atoms with van der Waals surface area (Å²) in [6.45, 7) is 8.46. The van der Waals surface area contributed by atoms with Crippen molar-refractivity contribution in [3.8, 4) is 17.5 Å². The summed E-state index contributed by atoms with van der Waals surface area (Å²) in [4.78, 5) is 45.3. The van der Waals surface area contributed by atoms with Crippen LogP contribution < -0.4 is 5.32 Å². The Morgan fingerprint density at radius 3 is 2.80 bits per heavy atom. The third kappa shape index (κ3) is 5.49. The quantitative estimate of drug-likeness (QED) is 0.523. The number of hydrogen-bond donors (Lipinski definition) is 2. The smallest absolute Gasteiger partial charge is 0.408 e. The number of fused-ring (bicyclic) bond motifs is 2. The molecule has 4 heterocycles. The van der Waals surface area contributed by atoms with Crippen LogP contribution in [0, 0.1) is 11.3 Å². The number of ether oxygens (including phenoxy) is 1. The van der Waals surface area contributed by atoms with E-state index in [0.717, 1.165) is 17.5 Å². The maximum Gasteiger partial charge on any atom is 0.408 e. The second-order valence-electron chi connectivity index (χ2n) is 11.7. The van der Waals surface area contributed by atoms with Crippen molar-refractivity contribution >= 4 is 17.9 Å². The first kappa shape index (κ1) is 27.5. The molecule has 2 aromatic rings. The highest BCUT2D eigenvalue weighted by Crippen LogP contribution is 2.38. The lowest BCUT2D eigenvalue weighted by atomic mass is 10.0. The second-order valence-corrected chi connectivity index (χ2v) is 11.7. The van der Waals surface area contributed by atoms with Crippen LogP contribution in [0.4, 0.5) is 4.79 Å². The molecule has 1 aromatic heterocycles. The van der Waals surface area contributed by atoms with Gasteiger partial charge in [0.05, 0.1) is 18.2 Å². The van der Waals surface area contributed by atoms with E-state index in [0.29, 0.717) is 31.8 Å². The van der Waals surface area contributed by atoms with Gasteiger partial charge >= 0.3 is 6.09 Å². The molecule has 3 aliphatic heterocycles. The molecule has 0 radical (unpaired) electrons. The number of hydrogen-bond acceptors (Lipinski definition) is 9. The zero-order valence-electron chi connectivity index (χ0n) is 23.2. The molecule has 3 saturated heterocycles. The van der Waals surface area contributed by atoms with Crippen molar-refractivity contribution in [2.45, 2.75) is 82.8 Å². The molecule has 212 valence electrons. The molecule has 2 N–H and O–H groups in total. The molecule has 0 saturated carbocycles. The fourth-order valence-electron chi connectivity index (χ4n) is 6.02. The van der Waals surface area contributed by atoms with Gasteiger partial charge in [0.25, 0.3) is 0 Å². The van der Waals surface area contributed by atoms with Crippen LogP contribution in [-0.4, -0.2) is 103 Å². The van der Waals surface area contributed by atoms with Gasteiger partial charge in [0.15, 0.2) is 0 Å². The Kier molecular flexibility index (Phi) is 7.46. The molecule has 3 aliphatic rings. The summed E-state index contributed by atoms with van der Waals surface area (Å²) in [5.41, 5.74) is 1.04. The molecule has 5 atom stereocenters. The van der Waals surface area contributed by atoms with Gasteiger partial charge in [-0.3, -0.25) is 14.5 Å². The van der Waals surface area contributed by atoms with Crippen molar-refractivity contribution in [2.24, 2.45) is 0 Å². The summed E-state index contributed by atoms with van der Waals surface area (Å²) < 4.78 is 5.42. The van der Waals surface area contributed by atoms with E-state index in [2.05, 4.69) is 32.0 Å². The maximum absolute atomic E-state index is 13.6. The number of tetrazole rings is 1. The summed E-state index contributed by atoms with van der Waals surface area (Å²) in [6, 6.07) is 7.89. The van der Waals surface area contributed by atoms with E-state index in [9.17, 15) is 19.6 Å². The number of aromatic nitrogens is 4. The standard InChI is InChI=1S/C27H35N9O4/c1-16(17-7-5-8-18(11-17)23-30-32-33-31-23)36-20-12-22(25(36)38)34(14-20)15-21(29-26(39)40-27(2,3)4)24(37)35-10-6-9-19(35)13-28/h5,7-8,11,16,19-22H,6,9-10,12,14-15H2,1-4H3,(H,29,39)(H,30,31,32,33)/t16-,19-,20-,21-,22-/m0/s1. The lowest BCUT2D eigenvalue weighted by Crippen LogP contribution is -2.59. The van der Waals surface area contributed by atoms with Crippen molar-refractivity contribution in [3.05, 3.63) is 29.8 Å². The first-order valence-electron chi connectivity index (χ1n) is 13.7. The normalized spacial score (nSPS) is 24.2. The first-order chi connectivity index (χ1) is 19.1. The van der Waals surface area contributed by atoms with Gasteiger partial charge in [0.1, 0.15) is 17.7 Å². The molecule has 13 heteroatoms. The van der Waals surface area contributed by atoms with Crippen LogP contribution in [0.2, 0.25) is 0 Å². The maximum atomic E-state index is 13.6. The van der Waals surface area contributed by atoms with Crippen LogP contribution in [0.15, 0.2) is 24.3 Å². The van der Waals surface area contributed by atoms with Gasteiger partial charge < -0.3 is 19.9 Å². The topological polar surface area (TPSA) is 160 Å². The van der Waals surface area contributed by atoms with Gasteiger partial charge in [-0.15, -0.1) is 10.2 Å². The average Bonchev–Trinajstić information content (AvgIpc) is 3.71. The number of H-pyrrole nitrogens is 1. The molecule has 13 nitrogen and oxygen atoms in total. The Balaban J connectivity index is 1.30. The number of nitrogens with one attached hydrogen (secondary N) is 2. The highest BCUT2D eigenvalue weighted by atomic mass is 16.6. The number of nitrogens with zero attached hydrogens (tertiary/aromatic N) is 7. The molecule has 40 heavy (non-hydrogen) atoms. The van der Waals surface area contributed by atoms with Crippen molar-refractivity contribution in [2.75, 3.05) is 19.6 Å². The summed E-state index contributed by atoms with van der Waals surface area (Å²) in [7, 11) is 0. The number of rotatable bonds is 7. The summed E-state index contributed by atoms with van der Waals surface area (Å²) >= 11 is 0. The SMILES string of the molecule is C[C@@H](c1cccc(-c2nn[nH]n2)c1)N1C(=O)[C@@H]2C[C@H]1CN2C[C@H](NC(=O)OC(C)(C)C)C(=O)N1CCC[C@H]1C#N. The highest BCUT2D eigenvalue weighted by molar-refractivity contribution is 5.88. The van der Waals surface area contributed by atoms with Crippen LogP contribution in [0.5, 0.6) is 0 Å². The minimum Gasteiger partial charge on any atom is -0.444 e. The van der Waals surface area contributed by atoms with Crippen LogP contribution in [0.25, 0.3) is 11.4 Å². The fraction of sp³-hybridized carbons (Fsp3) is 0.593. The lowest BCUT2D eigenvalue weighted by molar-refractivity contribution is -0.141. The lowest BCUT2D eigenvalue weighted by Gasteiger charge is -2.39. The summed E-state index contributed by atoms with van der Waals surface area (Å²) in [5, 5.41) is 26.4. The number of carbonyl (C=O) groups is 3. The number of amides is 3. The predicted molar refractivity (Wildman–Crippen MR) is 142 cm³/mol. The monoisotopic (exact) mass is 549 g/mol. The molecule has 5 rings (SSSR count). The highest BCUT2D eigenvalue weighted by Gasteiger charge is 2.52. The van der Waals surface area contributed by atoms with Crippen molar-refractivity contribution in [1.82, 2.24) is 40.6 Å². The van der Waals surface area contributed by atoms with E-state index in [1.807, 2.05) is 41.0 Å². The first-order valence-corrected chi connectivity index (χ1v) is 13.7. The van der Waals surface area contributed by atoms with Crippen LogP contribution in [0.3, 0.4) is 0 Å². The van der Waals surface area contributed by atoms with E-state index >= 15 is 0 Å². The number of carbonyl (C=O) groups excluding carboxylic acids is 3. The third-order valence-corrected chi connectivity index (χ3v) is 7.80. The van der Waals surface area contributed by atoms with Gasteiger partial charge in [-0.25, -0.2) is 4.79 Å². The molecule has 0 spiro atoms. The summed E-state index contributed by atoms with van der Waals surface area (Å²) in [6.07, 6.45) is 1.28. The van der Waals surface area contributed by atoms with Gasteiger partial charge in [0.2, 0.25) is 17.6 Å². The Bertz CT molecular complexity index is 1300. The number of piperazine rings is 1. The van der Waals surface area contributed by atoms with Crippen LogP contribution >= 0.6 is 0 Å². The molecule has 0 aliphatic carbocycles. The van der Waals surface area contributed by atoms with Gasteiger partial charge in [-0.2, -0.15) is 10.5 Å². The van der Waals surface area contributed by atoms with Gasteiger partial charge in [-0.05, 0) is 63.8 Å². The van der Waals surface area contributed by atoms with Crippen LogP contribution in [0.1, 0.15) is 58.6 Å². The molecule has 2 bridgehead atoms. The number of benzene rings is 1. The molecule has 3 amide bonds. The van der Waals surface area contributed by atoms with E-state index in [-0.39, 0.29) is 30.4 Å². The largest absolute Gasteiger partial charge is 0.444 e. The number of alkyl carbamates (subject to hydrolysis) is 1. The van der Waals surface area contributed by atoms with E-state index in [1.54, 1.807) is 20.8 Å². The van der Waals surface area contributed by atoms with Gasteiger partial charge in [0, 0.05) is 31.2 Å². The van der Waals surface area contributed by atoms with E-state index in [4.69, 9.17) is 4.74 Å². The number of nitriles is 1. The zero-order chi connectivity index (χ0) is 28.6. The molecule has 3 fully saturated rings. The fourth-order valence-corrected chi connectivity index (χ4v) is 6.02. The number of aromatic amines is 1. The minimum absolute atomic E-state index is 0.00625. The third-order valence-electron chi connectivity index (χ3n) is 7.80. The predicted octanol–water partition coefficient (Wildman–Crippen LogP) is 1.62. The number of likely N-dealkylation sites (tertiary alicyclic amines) is 3. The molecule has 1 aromatic carbocycles. The minimum atomic E-state index is -0.937. The Morgan fingerprint density at radius 1 is 1.32 bits per heavy atom. The van der Waals surface area contributed by atoms with Crippen molar-refractivity contribution in [3.63, 3.8) is 0 Å². The molecular weight excluding hydrogens is 514 g/mol. The Hall–Kier alpha value is -4.05. The summed E-state index contributed by atoms with van der Waals surface area (Å²) in [5.74, 6) is 0.154. The Morgan fingerprint density at radius 2 is 2.12 bits per heavy atom. The molecular formula is C27H35N9O4. The zero-order valence-corrected chi connectivity index (χ0v) is 23.2. The average molecular weight is 550 g/mol. The molecule has 0 unspecified atom stereocenters. The van der Waals surface area contributed by atoms with Gasteiger partial charge in [-0.1, -0.05) is 18.2 Å². The van der Waals surface area contributed by atoms with Crippen molar-refractivity contribution < 1.29 is 19.1 Å². The second kappa shape index (κ2) is 10.8. The van der Waals surface area contributed by atoms with Crippen molar-refractivity contribution in [1.29, 1.82) is 5.26 Å². The van der Waals surface area contributed by atoms with E-state index < -0.39 is 29.8 Å². The van der Waals surface area contributed by atoms with E-state index in [1.165, 1.54) is 4.90 Å². The van der Waals surface area contributed by atoms with Crippen LogP contribution in [-0.2, 0) is 14.3 Å². The Labute approximate surface area is 232 Å².